The third kappa shape index (κ3) is 2.91. The Morgan fingerprint density at radius 2 is 2.15 bits per heavy atom. The SMILES string of the molecule is CCc1cc(Nc2ccc(F)cc2N)c(C(=O)OC)s1. The van der Waals surface area contributed by atoms with Crippen LogP contribution in [0, 0.1) is 5.82 Å². The Bertz CT molecular complexity index is 640. The molecule has 0 bridgehead atoms. The molecule has 0 unspecified atom stereocenters. The van der Waals surface area contributed by atoms with E-state index in [9.17, 15) is 9.18 Å². The summed E-state index contributed by atoms with van der Waals surface area (Å²) < 4.78 is 17.8. The number of thiophene rings is 1. The summed E-state index contributed by atoms with van der Waals surface area (Å²) in [4.78, 5) is 13.3. The molecular formula is C14H15FN2O2S. The number of carbonyl (C=O) groups excluding carboxylic acids is 1. The number of aryl methyl sites for hydroxylation is 1. The predicted molar refractivity (Wildman–Crippen MR) is 79.1 cm³/mol. The van der Waals surface area contributed by atoms with Gasteiger partial charge in [-0.3, -0.25) is 0 Å². The van der Waals surface area contributed by atoms with Gasteiger partial charge in [0.25, 0.3) is 0 Å². The van der Waals surface area contributed by atoms with Crippen molar-refractivity contribution >= 4 is 34.4 Å². The molecule has 0 spiro atoms. The van der Waals surface area contributed by atoms with Crippen LogP contribution in [0.15, 0.2) is 24.3 Å². The van der Waals surface area contributed by atoms with E-state index in [1.54, 1.807) is 0 Å². The molecule has 2 rings (SSSR count). The summed E-state index contributed by atoms with van der Waals surface area (Å²) in [6, 6.07) is 5.95. The van der Waals surface area contributed by atoms with Gasteiger partial charge in [0.05, 0.1) is 24.2 Å². The van der Waals surface area contributed by atoms with Crippen LogP contribution in [-0.2, 0) is 11.2 Å². The number of carbonyl (C=O) groups is 1. The van der Waals surface area contributed by atoms with Crippen molar-refractivity contribution in [2.45, 2.75) is 13.3 Å². The predicted octanol–water partition coefficient (Wildman–Crippen LogP) is 3.56. The maximum Gasteiger partial charge on any atom is 0.350 e. The molecule has 0 saturated heterocycles. The summed E-state index contributed by atoms with van der Waals surface area (Å²) in [5, 5.41) is 3.06. The van der Waals surface area contributed by atoms with E-state index in [0.717, 1.165) is 11.3 Å². The maximum atomic E-state index is 13.0. The van der Waals surface area contributed by atoms with Crippen LogP contribution >= 0.6 is 11.3 Å². The summed E-state index contributed by atoms with van der Waals surface area (Å²) in [7, 11) is 1.34. The molecule has 3 N–H and O–H groups in total. The number of methoxy groups -OCH3 is 1. The van der Waals surface area contributed by atoms with Crippen LogP contribution in [0.2, 0.25) is 0 Å². The summed E-state index contributed by atoms with van der Waals surface area (Å²) in [5.41, 5.74) is 7.21. The lowest BCUT2D eigenvalue weighted by atomic mass is 10.2. The number of nitrogens with two attached hydrogens (primary N) is 1. The Balaban J connectivity index is 2.37. The van der Waals surface area contributed by atoms with Gasteiger partial charge in [0.1, 0.15) is 10.7 Å². The van der Waals surface area contributed by atoms with Gasteiger partial charge in [-0.25, -0.2) is 9.18 Å². The van der Waals surface area contributed by atoms with Crippen LogP contribution in [0.5, 0.6) is 0 Å². The first kappa shape index (κ1) is 14.3. The van der Waals surface area contributed by atoms with Crippen LogP contribution in [0.3, 0.4) is 0 Å². The minimum Gasteiger partial charge on any atom is -0.465 e. The molecule has 6 heteroatoms. The van der Waals surface area contributed by atoms with Gasteiger partial charge in [-0.05, 0) is 30.7 Å². The van der Waals surface area contributed by atoms with Crippen LogP contribution in [0.4, 0.5) is 21.5 Å². The van der Waals surface area contributed by atoms with Gasteiger partial charge in [-0.2, -0.15) is 0 Å². The van der Waals surface area contributed by atoms with E-state index in [4.69, 9.17) is 10.5 Å². The van der Waals surface area contributed by atoms with Gasteiger partial charge in [0, 0.05) is 4.88 Å². The van der Waals surface area contributed by atoms with E-state index in [-0.39, 0.29) is 5.69 Å². The normalized spacial score (nSPS) is 10.3. The lowest BCUT2D eigenvalue weighted by Gasteiger charge is -2.09. The van der Waals surface area contributed by atoms with Gasteiger partial charge in [0.2, 0.25) is 0 Å². The van der Waals surface area contributed by atoms with Gasteiger partial charge < -0.3 is 15.8 Å². The molecule has 2 aromatic rings. The van der Waals surface area contributed by atoms with Crippen molar-refractivity contribution in [3.8, 4) is 0 Å². The summed E-state index contributed by atoms with van der Waals surface area (Å²) in [5.74, 6) is -0.807. The molecule has 0 radical (unpaired) electrons. The van der Waals surface area contributed by atoms with Crippen molar-refractivity contribution in [3.63, 3.8) is 0 Å². The minimum absolute atomic E-state index is 0.282. The number of rotatable bonds is 4. The fourth-order valence-electron chi connectivity index (χ4n) is 1.75. The van der Waals surface area contributed by atoms with Crippen molar-refractivity contribution in [3.05, 3.63) is 39.8 Å². The Morgan fingerprint density at radius 3 is 2.75 bits per heavy atom. The zero-order valence-corrected chi connectivity index (χ0v) is 12.0. The molecule has 0 fully saturated rings. The fraction of sp³-hybridized carbons (Fsp3) is 0.214. The number of nitrogens with one attached hydrogen (secondary N) is 1. The lowest BCUT2D eigenvalue weighted by Crippen LogP contribution is -2.03. The minimum atomic E-state index is -0.405. The molecule has 1 aromatic carbocycles. The van der Waals surface area contributed by atoms with E-state index in [1.807, 2.05) is 13.0 Å². The van der Waals surface area contributed by atoms with E-state index >= 15 is 0 Å². The first-order chi connectivity index (χ1) is 9.55. The van der Waals surface area contributed by atoms with Crippen molar-refractivity contribution in [1.29, 1.82) is 0 Å². The topological polar surface area (TPSA) is 64.3 Å². The molecule has 1 heterocycles. The zero-order valence-electron chi connectivity index (χ0n) is 11.2. The van der Waals surface area contributed by atoms with Crippen molar-refractivity contribution in [2.24, 2.45) is 0 Å². The molecule has 0 aliphatic rings. The number of anilines is 3. The largest absolute Gasteiger partial charge is 0.465 e. The summed E-state index contributed by atoms with van der Waals surface area (Å²) in [6.45, 7) is 2.00. The highest BCUT2D eigenvalue weighted by Gasteiger charge is 2.17. The Morgan fingerprint density at radius 1 is 1.40 bits per heavy atom. The standard InChI is InChI=1S/C14H15FN2O2S/c1-3-9-7-12(13(20-9)14(18)19-2)17-11-5-4-8(15)6-10(11)16/h4-7,17H,3,16H2,1-2H3. The average molecular weight is 294 g/mol. The molecule has 0 atom stereocenters. The smallest absolute Gasteiger partial charge is 0.350 e. The third-order valence-corrected chi connectivity index (χ3v) is 4.04. The second-order valence-corrected chi connectivity index (χ2v) is 5.29. The van der Waals surface area contributed by atoms with Crippen molar-refractivity contribution < 1.29 is 13.9 Å². The number of esters is 1. The number of benzene rings is 1. The van der Waals surface area contributed by atoms with Gasteiger partial charge in [0.15, 0.2) is 0 Å². The van der Waals surface area contributed by atoms with Crippen molar-refractivity contribution in [2.75, 3.05) is 18.2 Å². The number of nitrogen functional groups attached to an aromatic ring is 1. The van der Waals surface area contributed by atoms with Crippen molar-refractivity contribution in [1.82, 2.24) is 0 Å². The van der Waals surface area contributed by atoms with Crippen LogP contribution in [-0.4, -0.2) is 13.1 Å². The van der Waals surface area contributed by atoms with Gasteiger partial charge in [-0.1, -0.05) is 6.92 Å². The lowest BCUT2D eigenvalue weighted by molar-refractivity contribution is 0.0607. The van der Waals surface area contributed by atoms with E-state index in [2.05, 4.69) is 5.32 Å². The molecule has 1 aromatic heterocycles. The number of ether oxygens (including phenoxy) is 1. The molecule has 0 aliphatic carbocycles. The molecule has 0 amide bonds. The van der Waals surface area contributed by atoms with Gasteiger partial charge in [-0.15, -0.1) is 11.3 Å². The Labute approximate surface area is 120 Å². The zero-order chi connectivity index (χ0) is 14.7. The monoisotopic (exact) mass is 294 g/mol. The molecule has 0 saturated carbocycles. The van der Waals surface area contributed by atoms with Gasteiger partial charge >= 0.3 is 5.97 Å². The van der Waals surface area contributed by atoms with Crippen LogP contribution < -0.4 is 11.1 Å². The first-order valence-electron chi connectivity index (χ1n) is 6.08. The highest BCUT2D eigenvalue weighted by molar-refractivity contribution is 7.14. The number of halogens is 1. The number of hydrogen-bond acceptors (Lipinski definition) is 5. The molecule has 0 aliphatic heterocycles. The van der Waals surface area contributed by atoms with E-state index in [1.165, 1.54) is 36.6 Å². The molecule has 4 nitrogen and oxygen atoms in total. The third-order valence-electron chi connectivity index (χ3n) is 2.79. The Hall–Kier alpha value is -2.08. The fourth-order valence-corrected chi connectivity index (χ4v) is 2.72. The molecule has 20 heavy (non-hydrogen) atoms. The Kier molecular flexibility index (Phi) is 4.24. The average Bonchev–Trinajstić information content (AvgIpc) is 2.84. The highest BCUT2D eigenvalue weighted by Crippen LogP contribution is 2.32. The van der Waals surface area contributed by atoms with E-state index < -0.39 is 11.8 Å². The molecule has 106 valence electrons. The van der Waals surface area contributed by atoms with E-state index in [0.29, 0.717) is 16.3 Å². The van der Waals surface area contributed by atoms with Crippen LogP contribution in [0.25, 0.3) is 0 Å². The number of hydrogen-bond donors (Lipinski definition) is 2. The second kappa shape index (κ2) is 5.92. The first-order valence-corrected chi connectivity index (χ1v) is 6.89. The molecular weight excluding hydrogens is 279 g/mol. The quantitative estimate of drug-likeness (QED) is 0.668. The summed E-state index contributed by atoms with van der Waals surface area (Å²) in [6.07, 6.45) is 0.815. The highest BCUT2D eigenvalue weighted by atomic mass is 32.1. The summed E-state index contributed by atoms with van der Waals surface area (Å²) >= 11 is 1.37. The second-order valence-electron chi connectivity index (χ2n) is 4.16. The maximum absolute atomic E-state index is 13.0. The van der Waals surface area contributed by atoms with Crippen LogP contribution in [0.1, 0.15) is 21.5 Å².